The molecule has 2 atom stereocenters. The first-order chi connectivity index (χ1) is 13.2. The number of sulfonamides is 1. The highest BCUT2D eigenvalue weighted by Crippen LogP contribution is 2.34. The van der Waals surface area contributed by atoms with Crippen LogP contribution in [-0.4, -0.2) is 33.7 Å². The fraction of sp³-hybridized carbons (Fsp3) is 0.350. The highest BCUT2D eigenvalue weighted by atomic mass is 35.5. The molecule has 0 bridgehead atoms. The number of nitrogens with one attached hydrogen (secondary N) is 1. The van der Waals surface area contributed by atoms with Gasteiger partial charge in [0.2, 0.25) is 15.9 Å². The Labute approximate surface area is 171 Å². The van der Waals surface area contributed by atoms with E-state index in [1.807, 2.05) is 37.3 Å². The summed E-state index contributed by atoms with van der Waals surface area (Å²) in [5.74, 6) is -0.104. The predicted octanol–water partition coefficient (Wildman–Crippen LogP) is 3.77. The van der Waals surface area contributed by atoms with Crippen molar-refractivity contribution < 1.29 is 17.9 Å². The third-order valence-electron chi connectivity index (χ3n) is 4.39. The Balaban J connectivity index is 2.37. The summed E-state index contributed by atoms with van der Waals surface area (Å²) in [6.07, 6.45) is 1.72. The monoisotopic (exact) mass is 424 g/mol. The van der Waals surface area contributed by atoms with E-state index in [0.29, 0.717) is 17.2 Å². The van der Waals surface area contributed by atoms with Crippen molar-refractivity contribution in [1.29, 1.82) is 0 Å². The number of carbonyl (C=O) groups is 1. The topological polar surface area (TPSA) is 75.7 Å². The molecule has 6 nitrogen and oxygen atoms in total. The summed E-state index contributed by atoms with van der Waals surface area (Å²) in [4.78, 5) is 12.9. The van der Waals surface area contributed by atoms with Crippen LogP contribution in [0.3, 0.4) is 0 Å². The second-order valence-corrected chi connectivity index (χ2v) is 8.73. The number of halogens is 1. The molecule has 2 rings (SSSR count). The maximum absolute atomic E-state index is 12.9. The lowest BCUT2D eigenvalue weighted by molar-refractivity contribution is -0.122. The van der Waals surface area contributed by atoms with Crippen LogP contribution in [0.4, 0.5) is 5.69 Å². The lowest BCUT2D eigenvalue weighted by Gasteiger charge is -2.30. The smallest absolute Gasteiger partial charge is 0.244 e. The Morgan fingerprint density at radius 2 is 1.86 bits per heavy atom. The number of benzene rings is 2. The molecule has 0 fully saturated rings. The Hall–Kier alpha value is -2.25. The van der Waals surface area contributed by atoms with Gasteiger partial charge in [0.05, 0.1) is 25.1 Å². The Morgan fingerprint density at radius 3 is 2.39 bits per heavy atom. The minimum Gasteiger partial charge on any atom is -0.495 e. The first-order valence-electron chi connectivity index (χ1n) is 8.87. The van der Waals surface area contributed by atoms with E-state index < -0.39 is 22.0 Å². The third-order valence-corrected chi connectivity index (χ3v) is 5.86. The van der Waals surface area contributed by atoms with Crippen LogP contribution in [0.25, 0.3) is 0 Å². The first-order valence-corrected chi connectivity index (χ1v) is 11.1. The summed E-state index contributed by atoms with van der Waals surface area (Å²) in [7, 11) is -2.35. The molecular weight excluding hydrogens is 400 g/mol. The molecule has 1 amide bonds. The number of amides is 1. The minimum atomic E-state index is -3.78. The van der Waals surface area contributed by atoms with Crippen molar-refractivity contribution in [3.05, 3.63) is 59.1 Å². The number of methoxy groups -OCH3 is 1. The lowest BCUT2D eigenvalue weighted by atomic mass is 10.0. The van der Waals surface area contributed by atoms with E-state index in [1.165, 1.54) is 20.1 Å². The lowest BCUT2D eigenvalue weighted by Crippen LogP contribution is -2.48. The van der Waals surface area contributed by atoms with Crippen LogP contribution < -0.4 is 14.4 Å². The van der Waals surface area contributed by atoms with Crippen molar-refractivity contribution in [2.45, 2.75) is 32.4 Å². The zero-order chi connectivity index (χ0) is 20.9. The Morgan fingerprint density at radius 1 is 1.21 bits per heavy atom. The largest absolute Gasteiger partial charge is 0.495 e. The van der Waals surface area contributed by atoms with Gasteiger partial charge in [0.15, 0.2) is 0 Å². The first kappa shape index (κ1) is 22.0. The van der Waals surface area contributed by atoms with Gasteiger partial charge in [0.25, 0.3) is 0 Å². The predicted molar refractivity (Wildman–Crippen MR) is 112 cm³/mol. The Bertz CT molecular complexity index is 919. The van der Waals surface area contributed by atoms with Crippen molar-refractivity contribution in [3.8, 4) is 5.75 Å². The van der Waals surface area contributed by atoms with Crippen molar-refractivity contribution in [3.63, 3.8) is 0 Å². The number of ether oxygens (including phenoxy) is 1. The molecule has 0 aliphatic carbocycles. The molecule has 0 saturated heterocycles. The highest BCUT2D eigenvalue weighted by Gasteiger charge is 2.32. The summed E-state index contributed by atoms with van der Waals surface area (Å²) < 4.78 is 31.4. The van der Waals surface area contributed by atoms with Crippen molar-refractivity contribution in [1.82, 2.24) is 5.32 Å². The van der Waals surface area contributed by atoms with Crippen molar-refractivity contribution in [2.75, 3.05) is 17.7 Å². The normalized spacial score (nSPS) is 13.5. The van der Waals surface area contributed by atoms with Crippen LogP contribution >= 0.6 is 11.6 Å². The maximum Gasteiger partial charge on any atom is 0.244 e. The van der Waals surface area contributed by atoms with Gasteiger partial charge < -0.3 is 10.1 Å². The van der Waals surface area contributed by atoms with E-state index in [9.17, 15) is 13.2 Å². The summed E-state index contributed by atoms with van der Waals surface area (Å²) in [6, 6.07) is 13.0. The molecule has 0 spiro atoms. The SMILES string of the molecule is CC[C@@H](NC(=O)[C@@H](C)N(c1cc(Cl)ccc1OC)S(C)(=O)=O)c1ccccc1. The summed E-state index contributed by atoms with van der Waals surface area (Å²) in [5.41, 5.74) is 1.17. The van der Waals surface area contributed by atoms with E-state index in [4.69, 9.17) is 16.3 Å². The van der Waals surface area contributed by atoms with E-state index in [0.717, 1.165) is 16.1 Å². The van der Waals surface area contributed by atoms with Crippen molar-refractivity contribution in [2.24, 2.45) is 0 Å². The van der Waals surface area contributed by atoms with Crippen LogP contribution in [0.2, 0.25) is 5.02 Å². The summed E-state index contributed by atoms with van der Waals surface area (Å²) >= 11 is 6.06. The number of hydrogen-bond donors (Lipinski definition) is 1. The molecular formula is C20H25ClN2O4S. The molecule has 0 unspecified atom stereocenters. The van der Waals surface area contributed by atoms with Crippen LogP contribution in [0.15, 0.2) is 48.5 Å². The van der Waals surface area contributed by atoms with Crippen LogP contribution in [0.1, 0.15) is 31.9 Å². The van der Waals surface area contributed by atoms with Crippen LogP contribution in [0, 0.1) is 0 Å². The molecule has 0 saturated carbocycles. The zero-order valence-electron chi connectivity index (χ0n) is 16.3. The molecule has 28 heavy (non-hydrogen) atoms. The number of hydrogen-bond acceptors (Lipinski definition) is 4. The number of anilines is 1. The van der Waals surface area contributed by atoms with E-state index in [2.05, 4.69) is 5.32 Å². The maximum atomic E-state index is 12.9. The fourth-order valence-corrected chi connectivity index (χ4v) is 4.35. The highest BCUT2D eigenvalue weighted by molar-refractivity contribution is 7.92. The van der Waals surface area contributed by atoms with Crippen LogP contribution in [0.5, 0.6) is 5.75 Å². The average Bonchev–Trinajstić information content (AvgIpc) is 2.65. The molecule has 0 aliphatic heterocycles. The molecule has 8 heteroatoms. The fourth-order valence-electron chi connectivity index (χ4n) is 3.02. The van der Waals surface area contributed by atoms with Gasteiger partial charge in [-0.05, 0) is 37.1 Å². The second kappa shape index (κ2) is 9.30. The van der Waals surface area contributed by atoms with Gasteiger partial charge in [-0.25, -0.2) is 8.42 Å². The third kappa shape index (κ3) is 5.17. The molecule has 152 valence electrons. The van der Waals surface area contributed by atoms with E-state index in [1.54, 1.807) is 12.1 Å². The van der Waals surface area contributed by atoms with Crippen molar-refractivity contribution >= 4 is 33.2 Å². The Kier molecular flexibility index (Phi) is 7.32. The molecule has 0 heterocycles. The van der Waals surface area contributed by atoms with Gasteiger partial charge >= 0.3 is 0 Å². The standard InChI is InChI=1S/C20H25ClN2O4S/c1-5-17(15-9-7-6-8-10-15)22-20(24)14(2)23(28(4,25)26)18-13-16(21)11-12-19(18)27-3/h6-14,17H,5H2,1-4H3,(H,22,24)/t14-,17-/m1/s1. The van der Waals surface area contributed by atoms with Gasteiger partial charge in [-0.15, -0.1) is 0 Å². The summed E-state index contributed by atoms with van der Waals surface area (Å²) in [5, 5.41) is 3.28. The number of nitrogens with zero attached hydrogens (tertiary/aromatic N) is 1. The molecule has 0 radical (unpaired) electrons. The van der Waals surface area contributed by atoms with Gasteiger partial charge in [0, 0.05) is 5.02 Å². The second-order valence-electron chi connectivity index (χ2n) is 6.43. The van der Waals surface area contributed by atoms with Gasteiger partial charge in [0.1, 0.15) is 11.8 Å². The van der Waals surface area contributed by atoms with Gasteiger partial charge in [-0.1, -0.05) is 48.9 Å². The van der Waals surface area contributed by atoms with E-state index >= 15 is 0 Å². The average molecular weight is 425 g/mol. The van der Waals surface area contributed by atoms with E-state index in [-0.39, 0.29) is 11.7 Å². The molecule has 1 N–H and O–H groups in total. The number of carbonyl (C=O) groups excluding carboxylic acids is 1. The number of rotatable bonds is 8. The molecule has 2 aromatic rings. The van der Waals surface area contributed by atoms with Gasteiger partial charge in [-0.3, -0.25) is 9.10 Å². The quantitative estimate of drug-likeness (QED) is 0.699. The molecule has 2 aromatic carbocycles. The summed E-state index contributed by atoms with van der Waals surface area (Å²) in [6.45, 7) is 3.49. The van der Waals surface area contributed by atoms with Crippen LogP contribution in [-0.2, 0) is 14.8 Å². The molecule has 0 aromatic heterocycles. The minimum absolute atomic E-state index is 0.216. The molecule has 0 aliphatic rings. The van der Waals surface area contributed by atoms with Gasteiger partial charge in [-0.2, -0.15) is 0 Å². The zero-order valence-corrected chi connectivity index (χ0v) is 17.9.